The van der Waals surface area contributed by atoms with Crippen LogP contribution in [0.1, 0.15) is 13.8 Å². The normalized spacial score (nSPS) is 10.9. The number of hydrogen-bond donors (Lipinski definition) is 1. The number of nitrogens with zero attached hydrogens (tertiary/aromatic N) is 4. The molecule has 0 radical (unpaired) electrons. The highest BCUT2D eigenvalue weighted by Gasteiger charge is 2.10. The lowest BCUT2D eigenvalue weighted by Crippen LogP contribution is -2.09. The second-order valence-electron chi connectivity index (χ2n) is 3.60. The van der Waals surface area contributed by atoms with Crippen molar-refractivity contribution in [2.45, 2.75) is 19.9 Å². The Morgan fingerprint density at radius 2 is 2.27 bits per heavy atom. The zero-order valence-electron chi connectivity index (χ0n) is 8.93. The SMILES string of the molecule is CC(C)Nc1nc(-c2ccn(C)n2)no1. The minimum Gasteiger partial charge on any atom is -0.336 e. The predicted octanol–water partition coefficient (Wildman–Crippen LogP) is 1.29. The highest BCUT2D eigenvalue weighted by atomic mass is 16.5. The zero-order chi connectivity index (χ0) is 10.8. The fourth-order valence-corrected chi connectivity index (χ4v) is 1.17. The van der Waals surface area contributed by atoms with E-state index in [0.717, 1.165) is 0 Å². The summed E-state index contributed by atoms with van der Waals surface area (Å²) in [7, 11) is 1.84. The molecule has 0 fully saturated rings. The highest BCUT2D eigenvalue weighted by Crippen LogP contribution is 2.15. The number of rotatable bonds is 3. The molecule has 0 unspecified atom stereocenters. The molecule has 2 rings (SSSR count). The summed E-state index contributed by atoms with van der Waals surface area (Å²) >= 11 is 0. The van der Waals surface area contributed by atoms with Gasteiger partial charge >= 0.3 is 6.01 Å². The first-order chi connectivity index (χ1) is 7.15. The summed E-state index contributed by atoms with van der Waals surface area (Å²) < 4.78 is 6.71. The molecule has 2 heterocycles. The summed E-state index contributed by atoms with van der Waals surface area (Å²) in [6.45, 7) is 4.01. The molecular formula is C9H13N5O. The molecule has 2 aromatic heterocycles. The summed E-state index contributed by atoms with van der Waals surface area (Å²) in [6.07, 6.45) is 1.83. The van der Waals surface area contributed by atoms with E-state index in [4.69, 9.17) is 4.52 Å². The maximum absolute atomic E-state index is 5.02. The minimum absolute atomic E-state index is 0.266. The fraction of sp³-hybridized carbons (Fsp3) is 0.444. The third kappa shape index (κ3) is 2.15. The lowest BCUT2D eigenvalue weighted by Gasteiger charge is -2.01. The maximum Gasteiger partial charge on any atom is 0.322 e. The Hall–Kier alpha value is -1.85. The van der Waals surface area contributed by atoms with Crippen LogP contribution in [0.4, 0.5) is 6.01 Å². The van der Waals surface area contributed by atoms with Crippen molar-refractivity contribution >= 4 is 6.01 Å². The van der Waals surface area contributed by atoms with Gasteiger partial charge in [0.2, 0.25) is 5.82 Å². The van der Waals surface area contributed by atoms with Crippen LogP contribution < -0.4 is 5.32 Å². The zero-order valence-corrected chi connectivity index (χ0v) is 8.93. The molecule has 6 heteroatoms. The van der Waals surface area contributed by atoms with E-state index in [1.165, 1.54) is 0 Å². The van der Waals surface area contributed by atoms with E-state index in [0.29, 0.717) is 17.5 Å². The predicted molar refractivity (Wildman–Crippen MR) is 55.3 cm³/mol. The van der Waals surface area contributed by atoms with Gasteiger partial charge in [0.05, 0.1) is 0 Å². The van der Waals surface area contributed by atoms with Gasteiger partial charge in [0.15, 0.2) is 0 Å². The van der Waals surface area contributed by atoms with Gasteiger partial charge < -0.3 is 9.84 Å². The number of hydrogen-bond acceptors (Lipinski definition) is 5. The molecule has 0 aliphatic rings. The van der Waals surface area contributed by atoms with Crippen LogP contribution in [0.25, 0.3) is 11.5 Å². The molecule has 0 bridgehead atoms. The van der Waals surface area contributed by atoms with E-state index in [-0.39, 0.29) is 6.04 Å². The van der Waals surface area contributed by atoms with Gasteiger partial charge in [0.25, 0.3) is 0 Å². The Labute approximate surface area is 87.3 Å². The number of aryl methyl sites for hydroxylation is 1. The molecule has 80 valence electrons. The fourth-order valence-electron chi connectivity index (χ4n) is 1.17. The van der Waals surface area contributed by atoms with Crippen LogP contribution in [0.3, 0.4) is 0 Å². The van der Waals surface area contributed by atoms with E-state index < -0.39 is 0 Å². The molecule has 0 aromatic carbocycles. The van der Waals surface area contributed by atoms with Crippen LogP contribution >= 0.6 is 0 Å². The molecule has 2 aromatic rings. The lowest BCUT2D eigenvalue weighted by molar-refractivity contribution is 0.429. The van der Waals surface area contributed by atoms with E-state index in [9.17, 15) is 0 Å². The summed E-state index contributed by atoms with van der Waals surface area (Å²) in [5.74, 6) is 0.499. The molecule has 15 heavy (non-hydrogen) atoms. The monoisotopic (exact) mass is 207 g/mol. The summed E-state index contributed by atoms with van der Waals surface area (Å²) in [6, 6.07) is 2.52. The third-order valence-electron chi connectivity index (χ3n) is 1.78. The lowest BCUT2D eigenvalue weighted by atomic mass is 10.4. The van der Waals surface area contributed by atoms with Crippen molar-refractivity contribution in [2.24, 2.45) is 7.05 Å². The molecule has 1 N–H and O–H groups in total. The van der Waals surface area contributed by atoms with Crippen molar-refractivity contribution in [3.63, 3.8) is 0 Å². The average molecular weight is 207 g/mol. The molecule has 0 spiro atoms. The Kier molecular flexibility index (Phi) is 2.40. The Morgan fingerprint density at radius 1 is 1.47 bits per heavy atom. The summed E-state index contributed by atoms with van der Waals surface area (Å²) in [5, 5.41) is 11.0. The van der Waals surface area contributed by atoms with Crippen molar-refractivity contribution in [1.82, 2.24) is 19.9 Å². The molecule has 6 nitrogen and oxygen atoms in total. The largest absolute Gasteiger partial charge is 0.336 e. The summed E-state index contributed by atoms with van der Waals surface area (Å²) in [4.78, 5) is 4.17. The van der Waals surface area contributed by atoms with Crippen LogP contribution in [0.2, 0.25) is 0 Å². The van der Waals surface area contributed by atoms with Crippen LogP contribution in [0.5, 0.6) is 0 Å². The second-order valence-corrected chi connectivity index (χ2v) is 3.60. The first-order valence-corrected chi connectivity index (χ1v) is 4.75. The minimum atomic E-state index is 0.266. The van der Waals surface area contributed by atoms with Gasteiger partial charge in [0, 0.05) is 19.3 Å². The Morgan fingerprint density at radius 3 is 2.87 bits per heavy atom. The van der Waals surface area contributed by atoms with Gasteiger partial charge in [-0.1, -0.05) is 5.16 Å². The first-order valence-electron chi connectivity index (χ1n) is 4.75. The summed E-state index contributed by atoms with van der Waals surface area (Å²) in [5.41, 5.74) is 0.707. The quantitative estimate of drug-likeness (QED) is 0.821. The Balaban J connectivity index is 2.20. The van der Waals surface area contributed by atoms with Gasteiger partial charge in [-0.3, -0.25) is 4.68 Å². The van der Waals surface area contributed by atoms with Crippen molar-refractivity contribution < 1.29 is 4.52 Å². The topological polar surface area (TPSA) is 68.8 Å². The van der Waals surface area contributed by atoms with Crippen molar-refractivity contribution in [3.05, 3.63) is 12.3 Å². The average Bonchev–Trinajstić information content (AvgIpc) is 2.72. The standard InChI is InChI=1S/C9H13N5O/c1-6(2)10-9-11-8(13-15-9)7-4-5-14(3)12-7/h4-6H,1-3H3,(H,10,11,13). The molecule has 0 amide bonds. The number of aromatic nitrogens is 4. The van der Waals surface area contributed by atoms with E-state index in [1.807, 2.05) is 33.2 Å². The number of nitrogens with one attached hydrogen (secondary N) is 1. The Bertz CT molecular complexity index is 445. The van der Waals surface area contributed by atoms with Crippen LogP contribution in [0.15, 0.2) is 16.8 Å². The second kappa shape index (κ2) is 3.72. The third-order valence-corrected chi connectivity index (χ3v) is 1.78. The maximum atomic E-state index is 5.02. The molecule has 0 aliphatic carbocycles. The van der Waals surface area contributed by atoms with Crippen LogP contribution in [0, 0.1) is 0 Å². The van der Waals surface area contributed by atoms with E-state index in [1.54, 1.807) is 4.68 Å². The van der Waals surface area contributed by atoms with Gasteiger partial charge in [0.1, 0.15) is 5.69 Å². The van der Waals surface area contributed by atoms with Crippen LogP contribution in [-0.4, -0.2) is 26.0 Å². The van der Waals surface area contributed by atoms with Crippen molar-refractivity contribution in [2.75, 3.05) is 5.32 Å². The molecule has 0 saturated heterocycles. The van der Waals surface area contributed by atoms with Gasteiger partial charge in [-0.25, -0.2) is 0 Å². The van der Waals surface area contributed by atoms with Gasteiger partial charge in [-0.05, 0) is 19.9 Å². The van der Waals surface area contributed by atoms with Gasteiger partial charge in [-0.15, -0.1) is 0 Å². The molecular weight excluding hydrogens is 194 g/mol. The number of anilines is 1. The smallest absolute Gasteiger partial charge is 0.322 e. The van der Waals surface area contributed by atoms with Crippen molar-refractivity contribution in [1.29, 1.82) is 0 Å². The first kappa shape index (κ1) is 9.70. The van der Waals surface area contributed by atoms with Gasteiger partial charge in [-0.2, -0.15) is 10.1 Å². The molecule has 0 aliphatic heterocycles. The molecule has 0 saturated carbocycles. The van der Waals surface area contributed by atoms with E-state index in [2.05, 4.69) is 20.6 Å². The van der Waals surface area contributed by atoms with Crippen LogP contribution in [-0.2, 0) is 7.05 Å². The highest BCUT2D eigenvalue weighted by molar-refractivity contribution is 5.48. The molecule has 0 atom stereocenters. The van der Waals surface area contributed by atoms with Crippen molar-refractivity contribution in [3.8, 4) is 11.5 Å². The van der Waals surface area contributed by atoms with E-state index >= 15 is 0 Å².